The van der Waals surface area contributed by atoms with Crippen molar-refractivity contribution in [2.75, 3.05) is 0 Å². The predicted molar refractivity (Wildman–Crippen MR) is 44.2 cm³/mol. The second-order valence-corrected chi connectivity index (χ2v) is 2.59. The number of rotatable bonds is 1. The molecule has 0 spiro atoms. The van der Waals surface area contributed by atoms with Gasteiger partial charge in [-0.1, -0.05) is 12.2 Å². The van der Waals surface area contributed by atoms with Gasteiger partial charge < -0.3 is 0 Å². The van der Waals surface area contributed by atoms with Gasteiger partial charge in [-0.25, -0.2) is 4.39 Å². The molecule has 70 valence electrons. The molecule has 1 aromatic carbocycles. The van der Waals surface area contributed by atoms with Crippen LogP contribution in [0.4, 0.5) is 17.6 Å². The molecule has 0 heterocycles. The third-order valence-corrected chi connectivity index (χ3v) is 1.70. The molecular formula is C8H4F4S. The summed E-state index contributed by atoms with van der Waals surface area (Å²) >= 11 is 4.36. The van der Waals surface area contributed by atoms with Crippen LogP contribution < -0.4 is 0 Å². The fourth-order valence-corrected chi connectivity index (χ4v) is 0.991. The minimum absolute atomic E-state index is 0.218. The van der Waals surface area contributed by atoms with Gasteiger partial charge in [-0.15, -0.1) is 0 Å². The Kier molecular flexibility index (Phi) is 2.66. The molecule has 0 radical (unpaired) electrons. The van der Waals surface area contributed by atoms with E-state index in [1.54, 1.807) is 0 Å². The van der Waals surface area contributed by atoms with Gasteiger partial charge in [0.2, 0.25) is 0 Å². The number of benzene rings is 1. The maximum absolute atomic E-state index is 12.7. The summed E-state index contributed by atoms with van der Waals surface area (Å²) in [5.74, 6) is -0.747. The minimum Gasteiger partial charge on any atom is -0.206 e. The normalized spacial score (nSPS) is 11.4. The van der Waals surface area contributed by atoms with Crippen LogP contribution >= 0.6 is 12.2 Å². The van der Waals surface area contributed by atoms with E-state index in [0.29, 0.717) is 12.1 Å². The molecule has 0 aromatic heterocycles. The van der Waals surface area contributed by atoms with Crippen molar-refractivity contribution in [3.63, 3.8) is 0 Å². The molecule has 0 atom stereocenters. The van der Waals surface area contributed by atoms with Crippen LogP contribution in [0.3, 0.4) is 0 Å². The van der Waals surface area contributed by atoms with Gasteiger partial charge in [0.25, 0.3) is 0 Å². The Morgan fingerprint density at radius 1 is 1.23 bits per heavy atom. The second kappa shape index (κ2) is 3.41. The molecule has 0 unspecified atom stereocenters. The summed E-state index contributed by atoms with van der Waals surface area (Å²) in [4.78, 5) is 0. The van der Waals surface area contributed by atoms with E-state index in [4.69, 9.17) is 0 Å². The average molecular weight is 208 g/mol. The molecule has 0 N–H and O–H groups in total. The fourth-order valence-electron chi connectivity index (χ4n) is 0.810. The molecule has 5 heteroatoms. The molecule has 0 bridgehead atoms. The average Bonchev–Trinajstić information content (AvgIpc) is 2.03. The highest BCUT2D eigenvalue weighted by Crippen LogP contribution is 2.29. The highest BCUT2D eigenvalue weighted by atomic mass is 32.1. The quantitative estimate of drug-likeness (QED) is 0.504. The summed E-state index contributed by atoms with van der Waals surface area (Å²) in [5, 5.41) is 0.880. The van der Waals surface area contributed by atoms with Crippen LogP contribution in [0, 0.1) is 5.82 Å². The third-order valence-electron chi connectivity index (χ3n) is 1.45. The summed E-state index contributed by atoms with van der Waals surface area (Å²) in [6, 6.07) is 2.11. The molecule has 0 aliphatic heterocycles. The van der Waals surface area contributed by atoms with E-state index >= 15 is 0 Å². The molecule has 0 saturated carbocycles. The monoisotopic (exact) mass is 208 g/mol. The minimum atomic E-state index is -4.46. The van der Waals surface area contributed by atoms with Gasteiger partial charge in [-0.2, -0.15) is 13.2 Å². The van der Waals surface area contributed by atoms with Crippen LogP contribution in [0.2, 0.25) is 0 Å². The Labute approximate surface area is 77.2 Å². The molecule has 13 heavy (non-hydrogen) atoms. The first-order valence-electron chi connectivity index (χ1n) is 3.27. The van der Waals surface area contributed by atoms with Crippen molar-refractivity contribution in [2.45, 2.75) is 6.18 Å². The van der Waals surface area contributed by atoms with Gasteiger partial charge in [0.1, 0.15) is 5.82 Å². The third kappa shape index (κ3) is 2.24. The van der Waals surface area contributed by atoms with E-state index in [1.165, 1.54) is 0 Å². The van der Waals surface area contributed by atoms with E-state index in [0.717, 1.165) is 11.4 Å². The molecule has 0 aliphatic carbocycles. The highest BCUT2D eigenvalue weighted by molar-refractivity contribution is 7.79. The van der Waals surface area contributed by atoms with Crippen molar-refractivity contribution < 1.29 is 17.6 Å². The number of hydrogen-bond donors (Lipinski definition) is 0. The maximum Gasteiger partial charge on any atom is 0.416 e. The van der Waals surface area contributed by atoms with E-state index in [2.05, 4.69) is 12.2 Å². The molecule has 0 fully saturated rings. The molecule has 0 amide bonds. The van der Waals surface area contributed by atoms with Crippen molar-refractivity contribution in [1.29, 1.82) is 0 Å². The van der Waals surface area contributed by atoms with Crippen molar-refractivity contribution in [1.82, 2.24) is 0 Å². The van der Waals surface area contributed by atoms with Crippen molar-refractivity contribution in [2.24, 2.45) is 0 Å². The smallest absolute Gasteiger partial charge is 0.206 e. The lowest BCUT2D eigenvalue weighted by Crippen LogP contribution is -2.05. The Hall–Kier alpha value is -0.970. The number of thiocarbonyl (C=S) groups is 1. The zero-order valence-corrected chi connectivity index (χ0v) is 7.05. The Morgan fingerprint density at radius 2 is 1.85 bits per heavy atom. The summed E-state index contributed by atoms with van der Waals surface area (Å²) < 4.78 is 48.9. The maximum atomic E-state index is 12.7. The van der Waals surface area contributed by atoms with E-state index in [1.807, 2.05) is 0 Å². The first-order valence-corrected chi connectivity index (χ1v) is 3.74. The first kappa shape index (κ1) is 10.1. The van der Waals surface area contributed by atoms with Crippen LogP contribution in [-0.2, 0) is 6.18 Å². The largest absolute Gasteiger partial charge is 0.416 e. The molecular weight excluding hydrogens is 204 g/mol. The summed E-state index contributed by atoms with van der Waals surface area (Å²) in [6.07, 6.45) is -4.46. The Bertz CT molecular complexity index is 329. The summed E-state index contributed by atoms with van der Waals surface area (Å²) in [5.41, 5.74) is -1.12. The van der Waals surface area contributed by atoms with Crippen LogP contribution in [0.1, 0.15) is 11.1 Å². The highest BCUT2D eigenvalue weighted by Gasteiger charge is 2.30. The van der Waals surface area contributed by atoms with Gasteiger partial charge in [-0.05, 0) is 18.2 Å². The number of halogens is 4. The van der Waals surface area contributed by atoms with Crippen LogP contribution in [0.5, 0.6) is 0 Å². The lowest BCUT2D eigenvalue weighted by atomic mass is 10.1. The predicted octanol–water partition coefficient (Wildman–Crippen LogP) is 3.19. The number of hydrogen-bond acceptors (Lipinski definition) is 1. The number of alkyl halides is 3. The van der Waals surface area contributed by atoms with Gasteiger partial charge in [0.15, 0.2) is 0 Å². The van der Waals surface area contributed by atoms with E-state index < -0.39 is 17.6 Å². The van der Waals surface area contributed by atoms with Crippen LogP contribution in [-0.4, -0.2) is 5.37 Å². The van der Waals surface area contributed by atoms with Crippen molar-refractivity contribution in [3.8, 4) is 0 Å². The molecule has 0 saturated heterocycles. The first-order chi connectivity index (χ1) is 5.95. The van der Waals surface area contributed by atoms with Gasteiger partial charge in [0.05, 0.1) is 5.56 Å². The van der Waals surface area contributed by atoms with E-state index in [9.17, 15) is 17.6 Å². The molecule has 0 nitrogen and oxygen atoms in total. The molecule has 1 rings (SSSR count). The summed E-state index contributed by atoms with van der Waals surface area (Å²) in [6.45, 7) is 0. The lowest BCUT2D eigenvalue weighted by molar-refractivity contribution is -0.137. The zero-order valence-electron chi connectivity index (χ0n) is 6.23. The summed E-state index contributed by atoms with van der Waals surface area (Å²) in [7, 11) is 0. The standard InChI is InChI=1S/C8H4F4S/c9-7-2-1-6(8(10,11)12)3-5(7)4-13/h1-4H. The zero-order chi connectivity index (χ0) is 10.1. The van der Waals surface area contributed by atoms with Gasteiger partial charge in [-0.3, -0.25) is 0 Å². The SMILES string of the molecule is Fc1ccc(C(F)(F)F)cc1C=S. The van der Waals surface area contributed by atoms with Crippen molar-refractivity contribution in [3.05, 3.63) is 35.1 Å². The molecule has 0 aliphatic rings. The van der Waals surface area contributed by atoms with Crippen LogP contribution in [0.25, 0.3) is 0 Å². The van der Waals surface area contributed by atoms with Crippen LogP contribution in [0.15, 0.2) is 18.2 Å². The van der Waals surface area contributed by atoms with Gasteiger partial charge >= 0.3 is 6.18 Å². The Balaban J connectivity index is 3.21. The fraction of sp³-hybridized carbons (Fsp3) is 0.125. The lowest BCUT2D eigenvalue weighted by Gasteiger charge is -2.06. The van der Waals surface area contributed by atoms with Crippen molar-refractivity contribution >= 4 is 17.6 Å². The van der Waals surface area contributed by atoms with E-state index in [-0.39, 0.29) is 5.56 Å². The second-order valence-electron chi connectivity index (χ2n) is 2.35. The Morgan fingerprint density at radius 3 is 2.31 bits per heavy atom. The topological polar surface area (TPSA) is 0 Å². The van der Waals surface area contributed by atoms with Gasteiger partial charge in [0, 0.05) is 10.9 Å². The molecule has 1 aromatic rings.